The minimum Gasteiger partial charge on any atom is -0.490 e. The molecule has 1 aromatic heterocycles. The first kappa shape index (κ1) is 17.2. The average molecular weight is 357 g/mol. The molecule has 7 heteroatoms. The van der Waals surface area contributed by atoms with Crippen LogP contribution in [-0.4, -0.2) is 28.0 Å². The van der Waals surface area contributed by atoms with Gasteiger partial charge in [-0.25, -0.2) is 9.97 Å². The van der Waals surface area contributed by atoms with E-state index < -0.39 is 0 Å². The lowest BCUT2D eigenvalue weighted by Gasteiger charge is -2.29. The molecule has 1 saturated carbocycles. The Morgan fingerprint density at radius 3 is 2.60 bits per heavy atom. The predicted molar refractivity (Wildman–Crippen MR) is 92.3 cm³/mol. The molecule has 2 aromatic rings. The monoisotopic (exact) mass is 356 g/mol. The molecule has 25 heavy (non-hydrogen) atoms. The van der Waals surface area contributed by atoms with E-state index in [0.717, 1.165) is 25.7 Å². The first-order chi connectivity index (χ1) is 12.2. The zero-order chi connectivity index (χ0) is 17.6. The van der Waals surface area contributed by atoms with Crippen LogP contribution >= 0.6 is 11.6 Å². The molecular weight excluding hydrogens is 340 g/mol. The number of carbonyl (C=O) groups excluding carboxylic acids is 1. The first-order valence-electron chi connectivity index (χ1n) is 8.10. The molecule has 0 saturated heterocycles. The summed E-state index contributed by atoms with van der Waals surface area (Å²) >= 11 is 6.02. The number of ether oxygens (including phenoxy) is 1. The highest BCUT2D eigenvalue weighted by atomic mass is 35.5. The van der Waals surface area contributed by atoms with Crippen molar-refractivity contribution in [3.63, 3.8) is 0 Å². The van der Waals surface area contributed by atoms with Crippen molar-refractivity contribution >= 4 is 17.5 Å². The molecule has 1 heterocycles. The number of rotatable bonds is 4. The van der Waals surface area contributed by atoms with Gasteiger partial charge in [0.05, 0.1) is 16.7 Å². The lowest BCUT2D eigenvalue weighted by atomic mass is 9.93. The number of benzene rings is 1. The zero-order valence-electron chi connectivity index (χ0n) is 13.5. The van der Waals surface area contributed by atoms with E-state index in [-0.39, 0.29) is 23.9 Å². The van der Waals surface area contributed by atoms with Gasteiger partial charge in [-0.2, -0.15) is 5.26 Å². The van der Waals surface area contributed by atoms with E-state index in [2.05, 4.69) is 15.3 Å². The van der Waals surface area contributed by atoms with Crippen molar-refractivity contribution in [1.29, 1.82) is 5.26 Å². The van der Waals surface area contributed by atoms with Gasteiger partial charge in [-0.3, -0.25) is 4.79 Å². The summed E-state index contributed by atoms with van der Waals surface area (Å²) in [7, 11) is 0. The number of nitriles is 1. The fourth-order valence-corrected chi connectivity index (χ4v) is 3.06. The molecule has 1 aromatic carbocycles. The Balaban J connectivity index is 1.50. The molecule has 1 fully saturated rings. The van der Waals surface area contributed by atoms with Crippen LogP contribution in [0.5, 0.6) is 5.75 Å². The van der Waals surface area contributed by atoms with Crippen LogP contribution in [0, 0.1) is 11.3 Å². The van der Waals surface area contributed by atoms with E-state index in [1.165, 1.54) is 0 Å². The molecule has 0 bridgehead atoms. The molecule has 0 spiro atoms. The van der Waals surface area contributed by atoms with Gasteiger partial charge in [0.2, 0.25) is 5.82 Å². The fourth-order valence-electron chi connectivity index (χ4n) is 2.84. The van der Waals surface area contributed by atoms with Gasteiger partial charge in [0.25, 0.3) is 5.91 Å². The summed E-state index contributed by atoms with van der Waals surface area (Å²) in [5, 5.41) is 12.3. The maximum absolute atomic E-state index is 12.1. The van der Waals surface area contributed by atoms with E-state index in [1.807, 2.05) is 6.07 Å². The number of amides is 1. The molecule has 128 valence electrons. The Bertz CT molecular complexity index is 783. The largest absolute Gasteiger partial charge is 0.490 e. The van der Waals surface area contributed by atoms with E-state index in [4.69, 9.17) is 21.6 Å². The van der Waals surface area contributed by atoms with E-state index >= 15 is 0 Å². The first-order valence-corrected chi connectivity index (χ1v) is 8.47. The minimum absolute atomic E-state index is 0.0742. The Morgan fingerprint density at radius 2 is 1.96 bits per heavy atom. The number of hydrogen-bond acceptors (Lipinski definition) is 5. The smallest absolute Gasteiger partial charge is 0.289 e. The molecular formula is C18H17ClN4O2. The summed E-state index contributed by atoms with van der Waals surface area (Å²) in [6, 6.07) is 8.88. The second-order valence-corrected chi connectivity index (χ2v) is 6.30. The van der Waals surface area contributed by atoms with Crippen LogP contribution in [-0.2, 0) is 0 Å². The van der Waals surface area contributed by atoms with Gasteiger partial charge < -0.3 is 10.1 Å². The molecule has 0 atom stereocenters. The van der Waals surface area contributed by atoms with Crippen molar-refractivity contribution in [2.75, 3.05) is 0 Å². The maximum atomic E-state index is 12.1. The Morgan fingerprint density at radius 1 is 1.24 bits per heavy atom. The molecule has 1 amide bonds. The third kappa shape index (κ3) is 4.46. The normalized spacial score (nSPS) is 19.7. The van der Waals surface area contributed by atoms with Gasteiger partial charge in [0.1, 0.15) is 11.8 Å². The predicted octanol–water partition coefficient (Wildman–Crippen LogP) is 3.12. The second kappa shape index (κ2) is 7.95. The minimum atomic E-state index is -0.246. The van der Waals surface area contributed by atoms with Crippen LogP contribution in [0.3, 0.4) is 0 Å². The number of nitrogens with one attached hydrogen (secondary N) is 1. The van der Waals surface area contributed by atoms with Gasteiger partial charge in [-0.15, -0.1) is 0 Å². The lowest BCUT2D eigenvalue weighted by molar-refractivity contribution is 0.0883. The summed E-state index contributed by atoms with van der Waals surface area (Å²) in [4.78, 5) is 20.0. The number of aromatic nitrogens is 2. The Kier molecular flexibility index (Phi) is 5.46. The zero-order valence-corrected chi connectivity index (χ0v) is 14.2. The van der Waals surface area contributed by atoms with Crippen LogP contribution in [0.4, 0.5) is 0 Å². The van der Waals surface area contributed by atoms with Crippen LogP contribution in [0.1, 0.15) is 41.9 Å². The summed E-state index contributed by atoms with van der Waals surface area (Å²) in [5.41, 5.74) is 0.434. The van der Waals surface area contributed by atoms with E-state index in [9.17, 15) is 4.79 Å². The van der Waals surface area contributed by atoms with Crippen molar-refractivity contribution in [1.82, 2.24) is 15.3 Å². The maximum Gasteiger partial charge on any atom is 0.289 e. The molecule has 1 aliphatic carbocycles. The highest BCUT2D eigenvalue weighted by molar-refractivity contribution is 6.31. The SMILES string of the molecule is N#Cc1ccc(OC2CCC(NC(=O)c3ncccn3)CC2)cc1Cl. The summed E-state index contributed by atoms with van der Waals surface area (Å²) < 4.78 is 5.94. The highest BCUT2D eigenvalue weighted by Gasteiger charge is 2.24. The van der Waals surface area contributed by atoms with Gasteiger partial charge in [0, 0.05) is 24.5 Å². The second-order valence-electron chi connectivity index (χ2n) is 5.89. The number of carbonyl (C=O) groups is 1. The Hall–Kier alpha value is -2.65. The molecule has 0 radical (unpaired) electrons. The van der Waals surface area contributed by atoms with Crippen molar-refractivity contribution in [3.05, 3.63) is 53.1 Å². The lowest BCUT2D eigenvalue weighted by Crippen LogP contribution is -2.40. The third-order valence-corrected chi connectivity index (χ3v) is 4.45. The van der Waals surface area contributed by atoms with Crippen LogP contribution in [0.2, 0.25) is 5.02 Å². The molecule has 3 rings (SSSR count). The van der Waals surface area contributed by atoms with Gasteiger partial charge in [-0.1, -0.05) is 11.6 Å². The standard InChI is InChI=1S/C18H17ClN4O2/c19-16-10-15(5-2-12(16)11-20)25-14-6-3-13(4-7-14)23-18(24)17-21-8-1-9-22-17/h1-2,5,8-10,13-14H,3-4,6-7H2,(H,23,24). The summed E-state index contributed by atoms with van der Waals surface area (Å²) in [6.07, 6.45) is 6.49. The number of hydrogen-bond donors (Lipinski definition) is 1. The van der Waals surface area contributed by atoms with E-state index in [1.54, 1.807) is 36.7 Å². The van der Waals surface area contributed by atoms with Crippen molar-refractivity contribution < 1.29 is 9.53 Å². The topological polar surface area (TPSA) is 87.9 Å². The van der Waals surface area contributed by atoms with Crippen molar-refractivity contribution in [2.45, 2.75) is 37.8 Å². The number of halogens is 1. The number of nitrogens with zero attached hydrogens (tertiary/aromatic N) is 3. The quantitative estimate of drug-likeness (QED) is 0.909. The van der Waals surface area contributed by atoms with Crippen LogP contribution in [0.15, 0.2) is 36.7 Å². The van der Waals surface area contributed by atoms with Gasteiger partial charge in [0.15, 0.2) is 0 Å². The molecule has 1 aliphatic rings. The van der Waals surface area contributed by atoms with Gasteiger partial charge in [-0.05, 0) is 43.9 Å². The summed E-state index contributed by atoms with van der Waals surface area (Å²) in [5.74, 6) is 0.603. The summed E-state index contributed by atoms with van der Waals surface area (Å²) in [6.45, 7) is 0. The van der Waals surface area contributed by atoms with E-state index in [0.29, 0.717) is 16.3 Å². The molecule has 6 nitrogen and oxygen atoms in total. The van der Waals surface area contributed by atoms with Crippen molar-refractivity contribution in [2.24, 2.45) is 0 Å². The average Bonchev–Trinajstić information content (AvgIpc) is 2.64. The van der Waals surface area contributed by atoms with Crippen LogP contribution in [0.25, 0.3) is 0 Å². The third-order valence-electron chi connectivity index (χ3n) is 4.14. The van der Waals surface area contributed by atoms with Crippen LogP contribution < -0.4 is 10.1 Å². The highest BCUT2D eigenvalue weighted by Crippen LogP contribution is 2.27. The Labute approximate surface area is 150 Å². The molecule has 0 aliphatic heterocycles. The molecule has 0 unspecified atom stereocenters. The van der Waals surface area contributed by atoms with Gasteiger partial charge >= 0.3 is 0 Å². The fraction of sp³-hybridized carbons (Fsp3) is 0.333. The molecule has 1 N–H and O–H groups in total. The van der Waals surface area contributed by atoms with Crippen molar-refractivity contribution in [3.8, 4) is 11.8 Å².